The summed E-state index contributed by atoms with van der Waals surface area (Å²) in [5, 5.41) is 13.3. The molecule has 0 aromatic heterocycles. The van der Waals surface area contributed by atoms with E-state index in [1.54, 1.807) is 0 Å². The summed E-state index contributed by atoms with van der Waals surface area (Å²) in [6.07, 6.45) is 0. The summed E-state index contributed by atoms with van der Waals surface area (Å²) >= 11 is 1.28. The van der Waals surface area contributed by atoms with Gasteiger partial charge >= 0.3 is 0 Å². The molecule has 0 atom stereocenters. The van der Waals surface area contributed by atoms with Crippen molar-refractivity contribution in [3.8, 4) is 0 Å². The molecule has 0 saturated carbocycles. The highest BCUT2D eigenvalue weighted by molar-refractivity contribution is 8.93. The number of thioether (sulfide) groups is 2. The lowest BCUT2D eigenvalue weighted by atomic mass is 10.1. The van der Waals surface area contributed by atoms with Crippen LogP contribution < -0.4 is 11.5 Å². The molecular formula is C10H12Br2F4N4S2. The Labute approximate surface area is 153 Å². The van der Waals surface area contributed by atoms with Crippen LogP contribution in [0.5, 0.6) is 0 Å². The molecule has 0 amide bonds. The van der Waals surface area contributed by atoms with Gasteiger partial charge in [0.1, 0.15) is 0 Å². The predicted octanol–water partition coefficient (Wildman–Crippen LogP) is 3.65. The van der Waals surface area contributed by atoms with E-state index in [9.17, 15) is 17.6 Å². The third kappa shape index (κ3) is 5.97. The first-order valence-electron chi connectivity index (χ1n) is 5.03. The molecule has 0 unspecified atom stereocenters. The van der Waals surface area contributed by atoms with E-state index in [-0.39, 0.29) is 55.8 Å². The highest BCUT2D eigenvalue weighted by Crippen LogP contribution is 2.30. The van der Waals surface area contributed by atoms with Gasteiger partial charge in [-0.3, -0.25) is 10.8 Å². The van der Waals surface area contributed by atoms with Crippen molar-refractivity contribution in [3.05, 3.63) is 34.4 Å². The standard InChI is InChI=1S/C10H10F4N4S2.2BrH/c11-5-3(1-19-9(15)16)4(2-20-10(17)18)6(12)8(14)7(5)13;;/h1-2H2,(H3,15,16)(H3,17,18);2*1H. The van der Waals surface area contributed by atoms with E-state index in [0.717, 1.165) is 0 Å². The van der Waals surface area contributed by atoms with Crippen molar-refractivity contribution in [3.63, 3.8) is 0 Å². The van der Waals surface area contributed by atoms with E-state index in [0.29, 0.717) is 23.5 Å². The van der Waals surface area contributed by atoms with Gasteiger partial charge in [-0.2, -0.15) is 0 Å². The predicted molar refractivity (Wildman–Crippen MR) is 93.3 cm³/mol. The monoisotopic (exact) mass is 486 g/mol. The van der Waals surface area contributed by atoms with Crippen LogP contribution in [0.25, 0.3) is 0 Å². The Bertz CT molecular complexity index is 526. The number of amidine groups is 2. The van der Waals surface area contributed by atoms with Gasteiger partial charge in [0.05, 0.1) is 0 Å². The second kappa shape index (κ2) is 10.3. The normalized spacial score (nSPS) is 9.64. The van der Waals surface area contributed by atoms with Gasteiger partial charge in [-0.25, -0.2) is 17.6 Å². The average molecular weight is 488 g/mol. The number of hydrogen-bond acceptors (Lipinski definition) is 4. The lowest BCUT2D eigenvalue weighted by molar-refractivity contribution is 0.402. The molecule has 0 radical (unpaired) electrons. The van der Waals surface area contributed by atoms with Crippen LogP contribution in [0.1, 0.15) is 11.1 Å². The van der Waals surface area contributed by atoms with Crippen LogP contribution in [0, 0.1) is 34.1 Å². The Morgan fingerprint density at radius 3 is 1.23 bits per heavy atom. The largest absolute Gasteiger partial charge is 0.379 e. The molecular weight excluding hydrogens is 476 g/mol. The Morgan fingerprint density at radius 2 is 1.00 bits per heavy atom. The molecule has 0 aliphatic carbocycles. The molecule has 1 aromatic rings. The van der Waals surface area contributed by atoms with Gasteiger partial charge in [-0.15, -0.1) is 34.0 Å². The number of rotatable bonds is 4. The summed E-state index contributed by atoms with van der Waals surface area (Å²) in [4.78, 5) is 0. The van der Waals surface area contributed by atoms with Crippen molar-refractivity contribution >= 4 is 67.8 Å². The van der Waals surface area contributed by atoms with Crippen LogP contribution in [0.4, 0.5) is 17.6 Å². The molecule has 0 aliphatic rings. The second-order valence-corrected chi connectivity index (χ2v) is 5.55. The van der Waals surface area contributed by atoms with Crippen molar-refractivity contribution in [2.75, 3.05) is 0 Å². The van der Waals surface area contributed by atoms with Crippen LogP contribution in [0.3, 0.4) is 0 Å². The minimum absolute atomic E-state index is 0. The van der Waals surface area contributed by atoms with E-state index < -0.39 is 34.4 Å². The van der Waals surface area contributed by atoms with Crippen molar-refractivity contribution in [1.29, 1.82) is 10.8 Å². The number of hydrogen-bond donors (Lipinski definition) is 4. The summed E-state index contributed by atoms with van der Waals surface area (Å²) < 4.78 is 53.7. The van der Waals surface area contributed by atoms with Crippen LogP contribution in [0.15, 0.2) is 0 Å². The minimum atomic E-state index is -1.92. The van der Waals surface area contributed by atoms with Crippen LogP contribution in [-0.4, -0.2) is 10.3 Å². The third-order valence-electron chi connectivity index (χ3n) is 2.22. The molecule has 0 heterocycles. The zero-order valence-corrected chi connectivity index (χ0v) is 15.8. The van der Waals surface area contributed by atoms with Crippen molar-refractivity contribution < 1.29 is 17.6 Å². The van der Waals surface area contributed by atoms with E-state index in [1.807, 2.05) is 0 Å². The van der Waals surface area contributed by atoms with Gasteiger partial charge in [-0.1, -0.05) is 23.5 Å². The molecule has 0 spiro atoms. The fraction of sp³-hybridized carbons (Fsp3) is 0.200. The fourth-order valence-electron chi connectivity index (χ4n) is 1.32. The first kappa shape index (κ1) is 23.8. The van der Waals surface area contributed by atoms with Crippen LogP contribution in [-0.2, 0) is 11.5 Å². The minimum Gasteiger partial charge on any atom is -0.379 e. The lowest BCUT2D eigenvalue weighted by Crippen LogP contribution is -2.12. The quantitative estimate of drug-likeness (QED) is 0.171. The summed E-state index contributed by atoms with van der Waals surface area (Å²) in [7, 11) is 0. The molecule has 4 nitrogen and oxygen atoms in total. The molecule has 1 aromatic carbocycles. The first-order valence-corrected chi connectivity index (χ1v) is 7.00. The highest BCUT2D eigenvalue weighted by atomic mass is 79.9. The maximum atomic E-state index is 13.7. The van der Waals surface area contributed by atoms with Gasteiger partial charge < -0.3 is 11.5 Å². The zero-order valence-electron chi connectivity index (χ0n) is 10.7. The number of halogens is 6. The van der Waals surface area contributed by atoms with E-state index in [4.69, 9.17) is 22.3 Å². The molecule has 0 fully saturated rings. The number of benzene rings is 1. The van der Waals surface area contributed by atoms with E-state index >= 15 is 0 Å². The topological polar surface area (TPSA) is 99.7 Å². The number of nitrogens with one attached hydrogen (secondary N) is 2. The molecule has 12 heteroatoms. The average Bonchev–Trinajstić information content (AvgIpc) is 2.37. The smallest absolute Gasteiger partial charge is 0.197 e. The van der Waals surface area contributed by atoms with Crippen LogP contribution in [0.2, 0.25) is 0 Å². The summed E-state index contributed by atoms with van der Waals surface area (Å²) in [5.74, 6) is -7.56. The fourth-order valence-corrected chi connectivity index (χ4v) is 2.52. The van der Waals surface area contributed by atoms with Crippen molar-refractivity contribution in [1.82, 2.24) is 0 Å². The summed E-state index contributed by atoms with van der Waals surface area (Å²) in [5.41, 5.74) is 9.27. The molecule has 6 N–H and O–H groups in total. The Hall–Kier alpha value is -0.460. The molecule has 0 aliphatic heterocycles. The number of nitrogens with two attached hydrogens (primary N) is 2. The molecule has 22 heavy (non-hydrogen) atoms. The Kier molecular flexibility index (Phi) is 11.2. The SMILES string of the molecule is Br.Br.N=C(N)SCc1c(F)c(F)c(F)c(F)c1CSC(=N)N. The molecule has 0 saturated heterocycles. The van der Waals surface area contributed by atoms with Crippen molar-refractivity contribution in [2.45, 2.75) is 11.5 Å². The second-order valence-electron chi connectivity index (χ2n) is 3.52. The maximum absolute atomic E-state index is 13.7. The van der Waals surface area contributed by atoms with Gasteiger partial charge in [0.15, 0.2) is 33.6 Å². The highest BCUT2D eigenvalue weighted by Gasteiger charge is 2.25. The Balaban J connectivity index is 0. The summed E-state index contributed by atoms with van der Waals surface area (Å²) in [6, 6.07) is 0. The third-order valence-corrected chi connectivity index (χ3v) is 3.70. The molecule has 1 rings (SSSR count). The lowest BCUT2D eigenvalue weighted by Gasteiger charge is -2.12. The van der Waals surface area contributed by atoms with Gasteiger partial charge in [0.25, 0.3) is 0 Å². The summed E-state index contributed by atoms with van der Waals surface area (Å²) in [6.45, 7) is 0. The van der Waals surface area contributed by atoms with E-state index in [2.05, 4.69) is 0 Å². The van der Waals surface area contributed by atoms with Gasteiger partial charge in [0, 0.05) is 22.6 Å². The Morgan fingerprint density at radius 1 is 0.727 bits per heavy atom. The molecule has 0 bridgehead atoms. The van der Waals surface area contributed by atoms with Crippen molar-refractivity contribution in [2.24, 2.45) is 11.5 Å². The maximum Gasteiger partial charge on any atom is 0.197 e. The van der Waals surface area contributed by atoms with Crippen LogP contribution >= 0.6 is 57.5 Å². The first-order chi connectivity index (χ1) is 9.25. The van der Waals surface area contributed by atoms with E-state index in [1.165, 1.54) is 0 Å². The zero-order chi connectivity index (χ0) is 15.4. The van der Waals surface area contributed by atoms with Gasteiger partial charge in [-0.05, 0) is 0 Å². The molecule has 126 valence electrons. The van der Waals surface area contributed by atoms with Gasteiger partial charge in [0.2, 0.25) is 0 Å².